The number of esters is 1. The Hall–Kier alpha value is -1.58. The number of ether oxygens (including phenoxy) is 1. The minimum absolute atomic E-state index is 0. The van der Waals surface area contributed by atoms with Crippen molar-refractivity contribution in [2.45, 2.75) is 26.7 Å². The van der Waals surface area contributed by atoms with Crippen molar-refractivity contribution in [3.63, 3.8) is 0 Å². The summed E-state index contributed by atoms with van der Waals surface area (Å²) < 4.78 is 4.65. The van der Waals surface area contributed by atoms with Gasteiger partial charge in [-0.2, -0.15) is 0 Å². The zero-order valence-electron chi connectivity index (χ0n) is 13.0. The molecule has 0 aliphatic carbocycles. The zero-order valence-corrected chi connectivity index (χ0v) is 14.6. The summed E-state index contributed by atoms with van der Waals surface area (Å²) in [7, 11) is 1.42. The second kappa shape index (κ2) is 9.44. The van der Waals surface area contributed by atoms with E-state index in [1.54, 1.807) is 0 Å². The molecule has 3 nitrogen and oxygen atoms in total. The average molecular weight is 342 g/mol. The lowest BCUT2D eigenvalue weighted by atomic mass is 9.98. The van der Waals surface area contributed by atoms with Crippen LogP contribution in [-0.2, 0) is 16.0 Å². The smallest absolute Gasteiger partial charge is 0.305 e. The highest BCUT2D eigenvalue weighted by Gasteiger charge is 2.05. The molecule has 0 amide bonds. The molecule has 2 rings (SSSR count). The van der Waals surface area contributed by atoms with Crippen LogP contribution in [0.5, 0.6) is 0 Å². The number of benzene rings is 1. The van der Waals surface area contributed by atoms with E-state index >= 15 is 0 Å². The normalized spacial score (nSPS) is 9.41. The first-order chi connectivity index (χ1) is 9.61. The Bertz CT molecular complexity index is 613. The molecule has 0 fully saturated rings. The van der Waals surface area contributed by atoms with Crippen LogP contribution in [0.2, 0.25) is 0 Å². The second-order valence-corrected chi connectivity index (χ2v) is 4.84. The Morgan fingerprint density at radius 2 is 1.73 bits per heavy atom. The van der Waals surface area contributed by atoms with Gasteiger partial charge in [0.1, 0.15) is 0 Å². The van der Waals surface area contributed by atoms with Crippen molar-refractivity contribution in [2.75, 3.05) is 7.11 Å². The first-order valence-corrected chi connectivity index (χ1v) is 6.70. The first kappa shape index (κ1) is 20.4. The number of methoxy groups -OCH3 is 1. The lowest BCUT2D eigenvalue weighted by Crippen LogP contribution is -2.01. The first-order valence-electron chi connectivity index (χ1n) is 6.70. The van der Waals surface area contributed by atoms with Crippen LogP contribution in [0.1, 0.15) is 23.2 Å². The number of pyridine rings is 1. The Kier molecular flexibility index (Phi) is 8.76. The molecule has 0 saturated carbocycles. The van der Waals surface area contributed by atoms with Gasteiger partial charge in [0, 0.05) is 18.3 Å². The van der Waals surface area contributed by atoms with Crippen LogP contribution in [0.4, 0.5) is 0 Å². The third kappa shape index (κ3) is 5.00. The highest BCUT2D eigenvalue weighted by atomic mass is 35.5. The van der Waals surface area contributed by atoms with Crippen LogP contribution in [0.25, 0.3) is 11.1 Å². The fraction of sp³-hybridized carbons (Fsp3) is 0.294. The Labute approximate surface area is 143 Å². The van der Waals surface area contributed by atoms with Gasteiger partial charge in [-0.25, -0.2) is 0 Å². The molecule has 0 unspecified atom stereocenters. The standard InChI is InChI=1S/C17H19NO2.2ClH/c1-12-13(2)18-11-10-16(12)15-7-4-14(5-8-15)6-9-17(19)20-3;;/h4-5,7-8,10-11H,6,9H2,1-3H3;2*1H. The highest BCUT2D eigenvalue weighted by molar-refractivity contribution is 5.85. The van der Waals surface area contributed by atoms with Gasteiger partial charge >= 0.3 is 5.97 Å². The van der Waals surface area contributed by atoms with Crippen molar-refractivity contribution in [1.29, 1.82) is 0 Å². The molecular formula is C17H21Cl2NO2. The van der Waals surface area contributed by atoms with Crippen LogP contribution in [0.3, 0.4) is 0 Å². The van der Waals surface area contributed by atoms with Gasteiger partial charge in [0.05, 0.1) is 7.11 Å². The molecule has 0 radical (unpaired) electrons. The summed E-state index contributed by atoms with van der Waals surface area (Å²) in [4.78, 5) is 15.4. The molecule has 0 aliphatic rings. The molecule has 0 bridgehead atoms. The minimum Gasteiger partial charge on any atom is -0.469 e. The maximum Gasteiger partial charge on any atom is 0.305 e. The van der Waals surface area contributed by atoms with Crippen molar-refractivity contribution < 1.29 is 9.53 Å². The number of carbonyl (C=O) groups is 1. The Balaban J connectivity index is 0.00000220. The van der Waals surface area contributed by atoms with Gasteiger partial charge in [0.25, 0.3) is 0 Å². The van der Waals surface area contributed by atoms with E-state index in [4.69, 9.17) is 0 Å². The lowest BCUT2D eigenvalue weighted by molar-refractivity contribution is -0.140. The molecule has 1 aromatic heterocycles. The maximum absolute atomic E-state index is 11.1. The number of hydrogen-bond donors (Lipinski definition) is 0. The van der Waals surface area contributed by atoms with Crippen molar-refractivity contribution in [3.8, 4) is 11.1 Å². The summed E-state index contributed by atoms with van der Waals surface area (Å²) >= 11 is 0. The minimum atomic E-state index is -0.172. The number of halogens is 2. The van der Waals surface area contributed by atoms with Crippen molar-refractivity contribution in [3.05, 3.63) is 53.3 Å². The molecule has 0 aliphatic heterocycles. The van der Waals surface area contributed by atoms with E-state index < -0.39 is 0 Å². The molecule has 2 aromatic rings. The van der Waals surface area contributed by atoms with Crippen LogP contribution in [-0.4, -0.2) is 18.1 Å². The van der Waals surface area contributed by atoms with E-state index in [0.29, 0.717) is 12.8 Å². The molecule has 0 atom stereocenters. The van der Waals surface area contributed by atoms with Crippen molar-refractivity contribution in [2.24, 2.45) is 0 Å². The summed E-state index contributed by atoms with van der Waals surface area (Å²) in [6, 6.07) is 10.3. The third-order valence-electron chi connectivity index (χ3n) is 3.57. The van der Waals surface area contributed by atoms with Gasteiger partial charge in [-0.05, 0) is 48.6 Å². The molecule has 1 aromatic carbocycles. The summed E-state index contributed by atoms with van der Waals surface area (Å²) in [5.41, 5.74) is 5.78. The van der Waals surface area contributed by atoms with Gasteiger partial charge in [-0.1, -0.05) is 24.3 Å². The van der Waals surface area contributed by atoms with Crippen molar-refractivity contribution >= 4 is 30.8 Å². The predicted octanol–water partition coefficient (Wildman–Crippen LogP) is 4.31. The van der Waals surface area contributed by atoms with Gasteiger partial charge in [0.15, 0.2) is 0 Å². The van der Waals surface area contributed by atoms with Gasteiger partial charge in [-0.15, -0.1) is 24.8 Å². The Morgan fingerprint density at radius 3 is 2.32 bits per heavy atom. The van der Waals surface area contributed by atoms with E-state index in [2.05, 4.69) is 40.9 Å². The number of hydrogen-bond acceptors (Lipinski definition) is 3. The van der Waals surface area contributed by atoms with E-state index in [1.807, 2.05) is 19.2 Å². The van der Waals surface area contributed by atoms with Gasteiger partial charge in [0.2, 0.25) is 0 Å². The highest BCUT2D eigenvalue weighted by Crippen LogP contribution is 2.24. The fourth-order valence-electron chi connectivity index (χ4n) is 2.15. The van der Waals surface area contributed by atoms with E-state index in [1.165, 1.54) is 23.8 Å². The molecule has 0 saturated heterocycles. The Morgan fingerprint density at radius 1 is 1.09 bits per heavy atom. The zero-order chi connectivity index (χ0) is 14.5. The molecule has 1 heterocycles. The van der Waals surface area contributed by atoms with E-state index in [-0.39, 0.29) is 30.8 Å². The quantitative estimate of drug-likeness (QED) is 0.777. The summed E-state index contributed by atoms with van der Waals surface area (Å²) in [5.74, 6) is -0.172. The van der Waals surface area contributed by atoms with Crippen LogP contribution in [0.15, 0.2) is 36.5 Å². The average Bonchev–Trinajstić information content (AvgIpc) is 2.48. The topological polar surface area (TPSA) is 39.2 Å². The number of aromatic nitrogens is 1. The fourth-order valence-corrected chi connectivity index (χ4v) is 2.15. The predicted molar refractivity (Wildman–Crippen MR) is 94.0 cm³/mol. The lowest BCUT2D eigenvalue weighted by Gasteiger charge is -2.09. The number of aryl methyl sites for hydroxylation is 2. The molecule has 5 heteroatoms. The molecule has 22 heavy (non-hydrogen) atoms. The molecule has 0 N–H and O–H groups in total. The van der Waals surface area contributed by atoms with E-state index in [9.17, 15) is 4.79 Å². The van der Waals surface area contributed by atoms with Crippen LogP contribution < -0.4 is 0 Å². The van der Waals surface area contributed by atoms with Crippen molar-refractivity contribution in [1.82, 2.24) is 4.98 Å². The largest absolute Gasteiger partial charge is 0.469 e. The third-order valence-corrected chi connectivity index (χ3v) is 3.57. The molecule has 120 valence electrons. The number of carbonyl (C=O) groups excluding carboxylic acids is 1. The SMILES string of the molecule is COC(=O)CCc1ccc(-c2ccnc(C)c2C)cc1.Cl.Cl. The van der Waals surface area contributed by atoms with Crippen LogP contribution >= 0.6 is 24.8 Å². The monoisotopic (exact) mass is 341 g/mol. The molecule has 0 spiro atoms. The summed E-state index contributed by atoms with van der Waals surface area (Å²) in [6.07, 6.45) is 2.97. The second-order valence-electron chi connectivity index (χ2n) is 4.84. The number of nitrogens with zero attached hydrogens (tertiary/aromatic N) is 1. The summed E-state index contributed by atoms with van der Waals surface area (Å²) in [5, 5.41) is 0. The maximum atomic E-state index is 11.1. The molecular weight excluding hydrogens is 321 g/mol. The van der Waals surface area contributed by atoms with Crippen LogP contribution in [0, 0.1) is 13.8 Å². The van der Waals surface area contributed by atoms with Gasteiger partial charge in [-0.3, -0.25) is 9.78 Å². The summed E-state index contributed by atoms with van der Waals surface area (Å²) in [6.45, 7) is 4.10. The number of rotatable bonds is 4. The van der Waals surface area contributed by atoms with Gasteiger partial charge < -0.3 is 4.74 Å². The van der Waals surface area contributed by atoms with E-state index in [0.717, 1.165) is 11.3 Å².